The molecule has 1 unspecified atom stereocenters. The van der Waals surface area contributed by atoms with Gasteiger partial charge in [0.05, 0.1) is 11.1 Å². The number of cyclic esters (lactones) is 1. The first kappa shape index (κ1) is 17.7. The van der Waals surface area contributed by atoms with Crippen molar-refractivity contribution in [3.8, 4) is 5.75 Å². The van der Waals surface area contributed by atoms with Gasteiger partial charge in [0, 0.05) is 5.33 Å². The summed E-state index contributed by atoms with van der Waals surface area (Å²) in [6.45, 7) is 3.74. The second-order valence-electron chi connectivity index (χ2n) is 5.55. The van der Waals surface area contributed by atoms with Crippen LogP contribution in [0.5, 0.6) is 5.75 Å². The molecule has 0 bridgehead atoms. The number of carbonyl (C=O) groups excluding carboxylic acids is 2. The summed E-state index contributed by atoms with van der Waals surface area (Å²) in [5.74, 6) is -1.35. The largest absolute Gasteiger partial charge is 0.451 e. The Morgan fingerprint density at radius 1 is 1.35 bits per heavy atom. The highest BCUT2D eigenvalue weighted by Gasteiger charge is 2.47. The van der Waals surface area contributed by atoms with Gasteiger partial charge in [-0.25, -0.2) is 14.0 Å². The van der Waals surface area contributed by atoms with E-state index in [0.29, 0.717) is 6.42 Å². The Kier molecular flexibility index (Phi) is 5.57. The van der Waals surface area contributed by atoms with E-state index in [1.165, 1.54) is 24.3 Å². The molecule has 1 heterocycles. The Labute approximate surface area is 142 Å². The van der Waals surface area contributed by atoms with Gasteiger partial charge in [0.15, 0.2) is 0 Å². The van der Waals surface area contributed by atoms with Gasteiger partial charge in [-0.3, -0.25) is 0 Å². The van der Waals surface area contributed by atoms with Crippen molar-refractivity contribution < 1.29 is 23.5 Å². The van der Waals surface area contributed by atoms with Crippen LogP contribution in [0.4, 0.5) is 4.39 Å². The highest BCUT2D eigenvalue weighted by atomic mass is 79.9. The van der Waals surface area contributed by atoms with Crippen molar-refractivity contribution in [3.63, 3.8) is 0 Å². The average Bonchev–Trinajstić information content (AvgIpc) is 2.78. The fourth-order valence-corrected chi connectivity index (χ4v) is 3.06. The van der Waals surface area contributed by atoms with E-state index in [9.17, 15) is 14.0 Å². The first-order valence-corrected chi connectivity index (χ1v) is 8.54. The van der Waals surface area contributed by atoms with E-state index in [2.05, 4.69) is 15.9 Å². The number of hydrogen-bond acceptors (Lipinski definition) is 4. The van der Waals surface area contributed by atoms with E-state index in [4.69, 9.17) is 9.47 Å². The highest BCUT2D eigenvalue weighted by molar-refractivity contribution is 9.09. The molecular formula is C17H18BrFO4. The molecule has 0 radical (unpaired) electrons. The maximum atomic E-state index is 12.9. The second-order valence-corrected chi connectivity index (χ2v) is 6.12. The zero-order valence-electron chi connectivity index (χ0n) is 13.0. The van der Waals surface area contributed by atoms with Gasteiger partial charge >= 0.3 is 11.9 Å². The number of benzene rings is 1. The summed E-state index contributed by atoms with van der Waals surface area (Å²) < 4.78 is 23.7. The van der Waals surface area contributed by atoms with Crippen molar-refractivity contribution in [1.29, 1.82) is 0 Å². The lowest BCUT2D eigenvalue weighted by molar-refractivity contribution is -0.147. The van der Waals surface area contributed by atoms with Crippen molar-refractivity contribution in [2.75, 3.05) is 5.33 Å². The minimum atomic E-state index is -0.993. The summed E-state index contributed by atoms with van der Waals surface area (Å²) in [5, 5.41) is 0.210. The van der Waals surface area contributed by atoms with Crippen molar-refractivity contribution in [2.24, 2.45) is 0 Å². The molecule has 0 aromatic heterocycles. The minimum absolute atomic E-state index is 0.210. The smallest absolute Gasteiger partial charge is 0.344 e. The minimum Gasteiger partial charge on any atom is -0.451 e. The van der Waals surface area contributed by atoms with Crippen LogP contribution in [0, 0.1) is 5.82 Å². The van der Waals surface area contributed by atoms with Crippen LogP contribution in [0.2, 0.25) is 0 Å². The summed E-state index contributed by atoms with van der Waals surface area (Å²) in [5.41, 5.74) is -0.485. The predicted octanol–water partition coefficient (Wildman–Crippen LogP) is 3.93. The van der Waals surface area contributed by atoms with E-state index in [1.54, 1.807) is 6.92 Å². The summed E-state index contributed by atoms with van der Waals surface area (Å²) in [4.78, 5) is 24.6. The van der Waals surface area contributed by atoms with Crippen LogP contribution in [-0.4, -0.2) is 22.9 Å². The lowest BCUT2D eigenvalue weighted by Gasteiger charge is -2.25. The molecule has 4 nitrogen and oxygen atoms in total. The Balaban J connectivity index is 2.30. The molecule has 0 amide bonds. The highest BCUT2D eigenvalue weighted by Crippen LogP contribution is 2.38. The Morgan fingerprint density at radius 3 is 2.57 bits per heavy atom. The predicted molar refractivity (Wildman–Crippen MR) is 86.9 cm³/mol. The Morgan fingerprint density at radius 2 is 2.00 bits per heavy atom. The molecule has 0 spiro atoms. The molecule has 2 rings (SSSR count). The fraction of sp³-hybridized carbons (Fsp3) is 0.412. The molecule has 0 N–H and O–H groups in total. The van der Waals surface area contributed by atoms with Crippen molar-refractivity contribution in [1.82, 2.24) is 0 Å². The van der Waals surface area contributed by atoms with Crippen LogP contribution in [0.1, 0.15) is 33.1 Å². The van der Waals surface area contributed by atoms with E-state index in [0.717, 1.165) is 12.8 Å². The first-order chi connectivity index (χ1) is 10.9. The van der Waals surface area contributed by atoms with Gasteiger partial charge in [0.25, 0.3) is 0 Å². The zero-order valence-corrected chi connectivity index (χ0v) is 14.6. The Hall–Kier alpha value is -1.69. The van der Waals surface area contributed by atoms with Crippen LogP contribution in [0.25, 0.3) is 0 Å². The van der Waals surface area contributed by atoms with Gasteiger partial charge in [-0.15, -0.1) is 0 Å². The third kappa shape index (κ3) is 3.80. The number of unbranched alkanes of at least 4 members (excludes halogenated alkanes) is 1. The van der Waals surface area contributed by atoms with E-state index in [-0.39, 0.29) is 22.2 Å². The number of hydrogen-bond donors (Lipinski definition) is 0. The molecule has 1 aliphatic rings. The summed E-state index contributed by atoms with van der Waals surface area (Å²) in [6.07, 6.45) is 2.27. The molecule has 0 saturated heterocycles. The molecule has 0 fully saturated rings. The SMILES string of the molecule is CCCCC1(C)OC(=O)C(CBr)=C1C(=O)Oc1ccc(F)cc1. The molecule has 0 saturated carbocycles. The van der Waals surface area contributed by atoms with Crippen molar-refractivity contribution in [2.45, 2.75) is 38.7 Å². The van der Waals surface area contributed by atoms with Crippen LogP contribution in [-0.2, 0) is 14.3 Å². The van der Waals surface area contributed by atoms with Crippen molar-refractivity contribution >= 4 is 27.9 Å². The van der Waals surface area contributed by atoms with Crippen LogP contribution in [0.15, 0.2) is 35.4 Å². The maximum absolute atomic E-state index is 12.9. The number of rotatable bonds is 6. The van der Waals surface area contributed by atoms with Gasteiger partial charge in [-0.1, -0.05) is 29.3 Å². The maximum Gasteiger partial charge on any atom is 0.344 e. The Bertz CT molecular complexity index is 638. The van der Waals surface area contributed by atoms with Gasteiger partial charge in [0.2, 0.25) is 0 Å². The van der Waals surface area contributed by atoms with E-state index >= 15 is 0 Å². The lowest BCUT2D eigenvalue weighted by atomic mass is 9.89. The molecular weight excluding hydrogens is 367 g/mol. The van der Waals surface area contributed by atoms with Gasteiger partial charge in [-0.05, 0) is 44.0 Å². The fourth-order valence-electron chi connectivity index (χ4n) is 2.55. The zero-order chi connectivity index (χ0) is 17.0. The number of carbonyl (C=O) groups is 2. The van der Waals surface area contributed by atoms with E-state index < -0.39 is 23.4 Å². The molecule has 1 aromatic rings. The third-order valence-corrected chi connectivity index (χ3v) is 4.33. The van der Waals surface area contributed by atoms with Crippen LogP contribution in [0.3, 0.4) is 0 Å². The van der Waals surface area contributed by atoms with Crippen molar-refractivity contribution in [3.05, 3.63) is 41.2 Å². The molecule has 1 aromatic carbocycles. The van der Waals surface area contributed by atoms with E-state index in [1.807, 2.05) is 6.92 Å². The summed E-state index contributed by atoms with van der Waals surface area (Å²) in [6, 6.07) is 5.13. The van der Waals surface area contributed by atoms with Gasteiger partial charge in [0.1, 0.15) is 17.2 Å². The molecule has 1 aliphatic heterocycles. The molecule has 1 atom stereocenters. The van der Waals surface area contributed by atoms with Gasteiger partial charge in [-0.2, -0.15) is 0 Å². The lowest BCUT2D eigenvalue weighted by Crippen LogP contribution is -2.33. The quantitative estimate of drug-likeness (QED) is 0.423. The molecule has 0 aliphatic carbocycles. The number of esters is 2. The van der Waals surface area contributed by atoms with Gasteiger partial charge < -0.3 is 9.47 Å². The van der Waals surface area contributed by atoms with Crippen LogP contribution >= 0.6 is 15.9 Å². The topological polar surface area (TPSA) is 52.6 Å². The molecule has 23 heavy (non-hydrogen) atoms. The number of alkyl halides is 1. The molecule has 124 valence electrons. The molecule has 6 heteroatoms. The normalized spacial score (nSPS) is 20.6. The summed E-state index contributed by atoms with van der Waals surface area (Å²) in [7, 11) is 0. The number of ether oxygens (including phenoxy) is 2. The average molecular weight is 385 g/mol. The monoisotopic (exact) mass is 384 g/mol. The first-order valence-electron chi connectivity index (χ1n) is 7.42. The second kappa shape index (κ2) is 7.25. The third-order valence-electron chi connectivity index (χ3n) is 3.76. The van der Waals surface area contributed by atoms with Crippen LogP contribution < -0.4 is 4.74 Å². The summed E-state index contributed by atoms with van der Waals surface area (Å²) >= 11 is 3.22. The number of halogens is 2. The standard InChI is InChI=1S/C17H18BrFO4/c1-3-4-9-17(2)14(13(10-18)15(20)23-17)16(21)22-12-7-5-11(19)6-8-12/h5-8H,3-4,9-10H2,1-2H3.